The number of aldehydes is 1. The molecule has 1 heterocycles. The lowest BCUT2D eigenvalue weighted by molar-refractivity contribution is -0.151. The van der Waals surface area contributed by atoms with Crippen molar-refractivity contribution in [1.82, 2.24) is 0 Å². The third-order valence-electron chi connectivity index (χ3n) is 2.06. The minimum absolute atomic E-state index is 0.149. The van der Waals surface area contributed by atoms with Gasteiger partial charge in [-0.3, -0.25) is 4.79 Å². The van der Waals surface area contributed by atoms with Crippen molar-refractivity contribution in [3.8, 4) is 0 Å². The fourth-order valence-corrected chi connectivity index (χ4v) is 0.998. The molecule has 0 atom stereocenters. The average molecular weight is 210 g/mol. The SMILES string of the molecule is CC(C)(CC=O)C(=O)OC1=COC=CC1. The quantitative estimate of drug-likeness (QED) is 0.525. The Morgan fingerprint density at radius 3 is 2.93 bits per heavy atom. The van der Waals surface area contributed by atoms with Crippen LogP contribution in [0.2, 0.25) is 0 Å². The molecule has 0 aliphatic carbocycles. The van der Waals surface area contributed by atoms with E-state index in [0.717, 1.165) is 0 Å². The van der Waals surface area contributed by atoms with Gasteiger partial charge in [0.1, 0.15) is 18.3 Å². The molecule has 0 amide bonds. The molecule has 4 heteroatoms. The molecule has 1 aliphatic rings. The Morgan fingerprint density at radius 1 is 1.67 bits per heavy atom. The summed E-state index contributed by atoms with van der Waals surface area (Å²) in [5.41, 5.74) is -0.788. The number of allylic oxidation sites excluding steroid dienone is 1. The van der Waals surface area contributed by atoms with E-state index in [0.29, 0.717) is 18.5 Å². The van der Waals surface area contributed by atoms with E-state index in [1.165, 1.54) is 12.5 Å². The Kier molecular flexibility index (Phi) is 3.66. The second kappa shape index (κ2) is 4.77. The van der Waals surface area contributed by atoms with Gasteiger partial charge in [0, 0.05) is 12.8 Å². The maximum atomic E-state index is 11.6. The molecule has 0 bridgehead atoms. The molecule has 0 saturated carbocycles. The second-order valence-corrected chi connectivity index (χ2v) is 3.94. The number of carbonyl (C=O) groups is 2. The van der Waals surface area contributed by atoms with Crippen LogP contribution in [-0.2, 0) is 19.1 Å². The summed E-state index contributed by atoms with van der Waals surface area (Å²) in [6.45, 7) is 3.34. The van der Waals surface area contributed by atoms with E-state index < -0.39 is 11.4 Å². The normalized spacial score (nSPS) is 15.2. The maximum Gasteiger partial charge on any atom is 0.317 e. The first kappa shape index (κ1) is 11.5. The molecule has 0 aromatic rings. The van der Waals surface area contributed by atoms with Gasteiger partial charge in [-0.25, -0.2) is 0 Å². The summed E-state index contributed by atoms with van der Waals surface area (Å²) < 4.78 is 9.96. The zero-order valence-electron chi connectivity index (χ0n) is 8.86. The fourth-order valence-electron chi connectivity index (χ4n) is 0.998. The van der Waals surface area contributed by atoms with Crippen molar-refractivity contribution in [2.75, 3.05) is 0 Å². The number of hydrogen-bond donors (Lipinski definition) is 0. The zero-order valence-corrected chi connectivity index (χ0v) is 8.86. The summed E-state index contributed by atoms with van der Waals surface area (Å²) in [7, 11) is 0. The summed E-state index contributed by atoms with van der Waals surface area (Å²) in [6, 6.07) is 0. The van der Waals surface area contributed by atoms with Gasteiger partial charge in [-0.1, -0.05) is 0 Å². The van der Waals surface area contributed by atoms with E-state index in [-0.39, 0.29) is 6.42 Å². The smallest absolute Gasteiger partial charge is 0.317 e. The molecular formula is C11H14O4. The number of esters is 1. The predicted octanol–water partition coefficient (Wildman–Crippen LogP) is 1.92. The van der Waals surface area contributed by atoms with E-state index in [1.54, 1.807) is 19.9 Å². The standard InChI is InChI=1S/C11H14O4/c1-11(2,5-6-12)10(13)15-9-4-3-7-14-8-9/h3,6-8H,4-5H2,1-2H3. The van der Waals surface area contributed by atoms with E-state index in [2.05, 4.69) is 0 Å². The fraction of sp³-hybridized carbons (Fsp3) is 0.455. The van der Waals surface area contributed by atoms with Crippen LogP contribution in [0.25, 0.3) is 0 Å². The lowest BCUT2D eigenvalue weighted by Gasteiger charge is -2.20. The lowest BCUT2D eigenvalue weighted by Crippen LogP contribution is -2.27. The molecule has 0 N–H and O–H groups in total. The number of hydrogen-bond acceptors (Lipinski definition) is 4. The molecule has 0 saturated heterocycles. The van der Waals surface area contributed by atoms with Gasteiger partial charge in [0.2, 0.25) is 0 Å². The van der Waals surface area contributed by atoms with E-state index >= 15 is 0 Å². The molecule has 0 unspecified atom stereocenters. The second-order valence-electron chi connectivity index (χ2n) is 3.94. The van der Waals surface area contributed by atoms with Gasteiger partial charge in [0.25, 0.3) is 0 Å². The van der Waals surface area contributed by atoms with Crippen molar-refractivity contribution < 1.29 is 19.1 Å². The minimum atomic E-state index is -0.788. The van der Waals surface area contributed by atoms with Crippen molar-refractivity contribution in [2.24, 2.45) is 5.41 Å². The molecular weight excluding hydrogens is 196 g/mol. The lowest BCUT2D eigenvalue weighted by atomic mass is 9.90. The van der Waals surface area contributed by atoms with Gasteiger partial charge in [-0.15, -0.1) is 0 Å². The molecule has 0 spiro atoms. The highest BCUT2D eigenvalue weighted by Gasteiger charge is 2.30. The van der Waals surface area contributed by atoms with E-state index in [1.807, 2.05) is 0 Å². The van der Waals surface area contributed by atoms with Gasteiger partial charge in [0.05, 0.1) is 11.7 Å². The van der Waals surface area contributed by atoms with Crippen LogP contribution < -0.4 is 0 Å². The first-order chi connectivity index (χ1) is 7.06. The average Bonchev–Trinajstić information content (AvgIpc) is 2.19. The van der Waals surface area contributed by atoms with Crippen LogP contribution in [0, 0.1) is 5.41 Å². The van der Waals surface area contributed by atoms with Crippen LogP contribution in [-0.4, -0.2) is 12.3 Å². The van der Waals surface area contributed by atoms with Gasteiger partial charge < -0.3 is 14.3 Å². The molecule has 15 heavy (non-hydrogen) atoms. The molecule has 0 aromatic heterocycles. The first-order valence-corrected chi connectivity index (χ1v) is 4.72. The van der Waals surface area contributed by atoms with Crippen LogP contribution in [0.5, 0.6) is 0 Å². The van der Waals surface area contributed by atoms with Crippen LogP contribution in [0.15, 0.2) is 24.4 Å². The van der Waals surface area contributed by atoms with Crippen molar-refractivity contribution in [3.05, 3.63) is 24.4 Å². The Labute approximate surface area is 88.6 Å². The third kappa shape index (κ3) is 3.23. The van der Waals surface area contributed by atoms with E-state index in [4.69, 9.17) is 9.47 Å². The van der Waals surface area contributed by atoms with Gasteiger partial charge in [0.15, 0.2) is 0 Å². The maximum absolute atomic E-state index is 11.6. The summed E-state index contributed by atoms with van der Waals surface area (Å²) in [6.07, 6.45) is 6.05. The molecule has 0 radical (unpaired) electrons. The van der Waals surface area contributed by atoms with Crippen molar-refractivity contribution in [2.45, 2.75) is 26.7 Å². The Hall–Kier alpha value is -1.58. The van der Waals surface area contributed by atoms with Gasteiger partial charge in [-0.2, -0.15) is 0 Å². The van der Waals surface area contributed by atoms with E-state index in [9.17, 15) is 9.59 Å². The molecule has 4 nitrogen and oxygen atoms in total. The number of rotatable bonds is 4. The summed E-state index contributed by atoms with van der Waals surface area (Å²) in [5, 5.41) is 0. The molecule has 0 fully saturated rings. The van der Waals surface area contributed by atoms with Gasteiger partial charge in [-0.05, 0) is 19.9 Å². The third-order valence-corrected chi connectivity index (χ3v) is 2.06. The summed E-state index contributed by atoms with van der Waals surface area (Å²) in [4.78, 5) is 22.0. The van der Waals surface area contributed by atoms with Crippen LogP contribution >= 0.6 is 0 Å². The Balaban J connectivity index is 2.54. The highest BCUT2D eigenvalue weighted by atomic mass is 16.6. The van der Waals surface area contributed by atoms with Crippen molar-refractivity contribution in [1.29, 1.82) is 0 Å². The molecule has 0 aromatic carbocycles. The van der Waals surface area contributed by atoms with Crippen molar-refractivity contribution >= 4 is 12.3 Å². The highest BCUT2D eigenvalue weighted by Crippen LogP contribution is 2.23. The summed E-state index contributed by atoms with van der Waals surface area (Å²) in [5.74, 6) is 0.0428. The Bertz CT molecular complexity index is 313. The highest BCUT2D eigenvalue weighted by molar-refractivity contribution is 5.79. The largest absolute Gasteiger partial charge is 0.469 e. The minimum Gasteiger partial charge on any atom is -0.469 e. The first-order valence-electron chi connectivity index (χ1n) is 4.72. The van der Waals surface area contributed by atoms with Crippen molar-refractivity contribution in [3.63, 3.8) is 0 Å². The van der Waals surface area contributed by atoms with Gasteiger partial charge >= 0.3 is 5.97 Å². The Morgan fingerprint density at radius 2 is 2.40 bits per heavy atom. The predicted molar refractivity (Wildman–Crippen MR) is 53.5 cm³/mol. The van der Waals surface area contributed by atoms with Crippen LogP contribution in [0.4, 0.5) is 0 Å². The monoisotopic (exact) mass is 210 g/mol. The summed E-state index contributed by atoms with van der Waals surface area (Å²) >= 11 is 0. The topological polar surface area (TPSA) is 52.6 Å². The van der Waals surface area contributed by atoms with Crippen LogP contribution in [0.1, 0.15) is 26.7 Å². The molecule has 82 valence electrons. The number of carbonyl (C=O) groups excluding carboxylic acids is 2. The number of ether oxygens (including phenoxy) is 2. The van der Waals surface area contributed by atoms with Crippen LogP contribution in [0.3, 0.4) is 0 Å². The zero-order chi connectivity index (χ0) is 11.3. The molecule has 1 rings (SSSR count). The molecule has 1 aliphatic heterocycles.